The van der Waals surface area contributed by atoms with Gasteiger partial charge in [-0.05, 0) is 47.5 Å². The van der Waals surface area contributed by atoms with Gasteiger partial charge in [-0.2, -0.15) is 13.2 Å². The van der Waals surface area contributed by atoms with Crippen molar-refractivity contribution in [2.75, 3.05) is 12.0 Å². The van der Waals surface area contributed by atoms with Gasteiger partial charge in [0.2, 0.25) is 0 Å². The van der Waals surface area contributed by atoms with Crippen LogP contribution >= 0.6 is 0 Å². The minimum atomic E-state index is -4.59. The predicted octanol–water partition coefficient (Wildman–Crippen LogP) is 7.64. The number of para-hydroxylation sites is 1. The molecule has 1 heterocycles. The number of ether oxygens (including phenoxy) is 1. The summed E-state index contributed by atoms with van der Waals surface area (Å²) in [6.07, 6.45) is -4.59. The molecule has 36 heavy (non-hydrogen) atoms. The first-order valence-electron chi connectivity index (χ1n) is 10.8. The summed E-state index contributed by atoms with van der Waals surface area (Å²) in [6.45, 7) is 2.98. The normalized spacial score (nSPS) is 13.3. The Morgan fingerprint density at radius 2 is 1.44 bits per heavy atom. The molecule has 5 rings (SSSR count). The molecule has 0 spiro atoms. The van der Waals surface area contributed by atoms with Crippen molar-refractivity contribution in [2.24, 2.45) is 4.99 Å². The standard InChI is InChI=1S/C28H17F5N2O/c1-36-25-14-11-21(28(31,32)33)15-24(25)35-16-20-3-2-4-23(30)26(20)34-27(35)19-7-5-17(6-8-19)18-9-12-22(29)13-10-18/h2-15H,1H3. The van der Waals surface area contributed by atoms with E-state index in [9.17, 15) is 22.0 Å². The molecule has 0 saturated heterocycles. The Morgan fingerprint density at radius 3 is 2.08 bits per heavy atom. The smallest absolute Gasteiger partial charge is 0.416 e. The maximum atomic E-state index is 14.6. The van der Waals surface area contributed by atoms with Crippen LogP contribution in [0, 0.1) is 18.2 Å². The van der Waals surface area contributed by atoms with Gasteiger partial charge in [0.1, 0.15) is 35.5 Å². The van der Waals surface area contributed by atoms with E-state index in [1.165, 1.54) is 42.3 Å². The van der Waals surface area contributed by atoms with Crippen molar-refractivity contribution in [2.45, 2.75) is 6.18 Å². The quantitative estimate of drug-likeness (QED) is 0.274. The Bertz CT molecular complexity index is 1440. The van der Waals surface area contributed by atoms with E-state index in [1.807, 2.05) is 0 Å². The molecule has 180 valence electrons. The van der Waals surface area contributed by atoms with Gasteiger partial charge in [0.15, 0.2) is 0 Å². The summed E-state index contributed by atoms with van der Waals surface area (Å²) in [5.41, 5.74) is 1.54. The second-order valence-electron chi connectivity index (χ2n) is 7.99. The molecule has 1 aliphatic rings. The zero-order valence-electron chi connectivity index (χ0n) is 18.8. The third-order valence-electron chi connectivity index (χ3n) is 5.72. The minimum absolute atomic E-state index is 0.0253. The van der Waals surface area contributed by atoms with Gasteiger partial charge in [0.25, 0.3) is 0 Å². The molecule has 0 unspecified atom stereocenters. The number of fused-ring (bicyclic) bond motifs is 1. The Balaban J connectivity index is 1.64. The highest BCUT2D eigenvalue weighted by molar-refractivity contribution is 6.14. The zero-order chi connectivity index (χ0) is 25.4. The zero-order valence-corrected chi connectivity index (χ0v) is 18.8. The molecule has 0 aliphatic carbocycles. The van der Waals surface area contributed by atoms with Crippen molar-refractivity contribution in [3.05, 3.63) is 120 Å². The highest BCUT2D eigenvalue weighted by Gasteiger charge is 2.34. The first kappa shape index (κ1) is 23.5. The molecule has 2 radical (unpaired) electrons. The van der Waals surface area contributed by atoms with E-state index >= 15 is 0 Å². The fourth-order valence-electron chi connectivity index (χ4n) is 3.91. The lowest BCUT2D eigenvalue weighted by Crippen LogP contribution is -2.32. The summed E-state index contributed by atoms with van der Waals surface area (Å²) in [4.78, 5) is 5.81. The summed E-state index contributed by atoms with van der Waals surface area (Å²) in [5.74, 6) is -0.623. The van der Waals surface area contributed by atoms with Crippen LogP contribution in [-0.2, 0) is 6.18 Å². The molecule has 0 atom stereocenters. The maximum absolute atomic E-state index is 14.6. The molecular weight excluding hydrogens is 475 g/mol. The van der Waals surface area contributed by atoms with E-state index in [4.69, 9.17) is 4.74 Å². The SMILES string of the molecule is COc1ccc(C(F)(F)F)cc1N1[C]c2cccc(F)c2N=C1c1ccc(-c2ccc(F)cc2)cc1. The number of amidine groups is 1. The molecule has 0 N–H and O–H groups in total. The Labute approximate surface area is 204 Å². The number of hydrogen-bond acceptors (Lipinski definition) is 3. The van der Waals surface area contributed by atoms with Crippen molar-refractivity contribution < 1.29 is 26.7 Å². The van der Waals surface area contributed by atoms with Crippen LogP contribution in [0.2, 0.25) is 0 Å². The molecule has 4 aromatic rings. The lowest BCUT2D eigenvalue weighted by molar-refractivity contribution is -0.137. The number of aliphatic imine (C=N–C) groups is 1. The van der Waals surface area contributed by atoms with Crippen molar-refractivity contribution in [3.8, 4) is 16.9 Å². The highest BCUT2D eigenvalue weighted by atomic mass is 19.4. The highest BCUT2D eigenvalue weighted by Crippen LogP contribution is 2.41. The van der Waals surface area contributed by atoms with E-state index < -0.39 is 17.6 Å². The molecule has 8 heteroatoms. The number of anilines is 1. The number of alkyl halides is 3. The lowest BCUT2D eigenvalue weighted by atomic mass is 10.0. The number of halogens is 5. The molecule has 0 fully saturated rings. The molecule has 3 nitrogen and oxygen atoms in total. The van der Waals surface area contributed by atoms with Gasteiger partial charge in [-0.15, -0.1) is 0 Å². The van der Waals surface area contributed by atoms with Crippen LogP contribution in [0.4, 0.5) is 33.3 Å². The summed E-state index contributed by atoms with van der Waals surface area (Å²) in [5, 5.41) is 0. The number of benzene rings is 4. The molecule has 4 aromatic carbocycles. The van der Waals surface area contributed by atoms with Crippen molar-refractivity contribution in [1.82, 2.24) is 0 Å². The van der Waals surface area contributed by atoms with Gasteiger partial charge in [0, 0.05) is 11.1 Å². The number of hydrogen-bond donors (Lipinski definition) is 0. The summed E-state index contributed by atoms with van der Waals surface area (Å²) >= 11 is 0. The molecule has 0 aromatic heterocycles. The average molecular weight is 492 g/mol. The van der Waals surface area contributed by atoms with E-state index in [1.54, 1.807) is 42.5 Å². The molecule has 0 bridgehead atoms. The van der Waals surface area contributed by atoms with Crippen LogP contribution < -0.4 is 9.64 Å². The van der Waals surface area contributed by atoms with Gasteiger partial charge in [-0.1, -0.05) is 48.5 Å². The number of nitrogens with zero attached hydrogens (tertiary/aromatic N) is 2. The van der Waals surface area contributed by atoms with E-state index in [-0.39, 0.29) is 34.3 Å². The van der Waals surface area contributed by atoms with Crippen LogP contribution in [0.25, 0.3) is 11.1 Å². The van der Waals surface area contributed by atoms with Crippen LogP contribution in [0.15, 0.2) is 89.9 Å². The number of rotatable bonds is 4. The molecule has 0 amide bonds. The molecular formula is C28H17F5N2O. The van der Waals surface area contributed by atoms with Gasteiger partial charge >= 0.3 is 6.18 Å². The van der Waals surface area contributed by atoms with Gasteiger partial charge in [-0.25, -0.2) is 13.8 Å². The van der Waals surface area contributed by atoms with Crippen LogP contribution in [-0.4, -0.2) is 12.9 Å². The largest absolute Gasteiger partial charge is 0.495 e. The minimum Gasteiger partial charge on any atom is -0.495 e. The fourth-order valence-corrected chi connectivity index (χ4v) is 3.91. The monoisotopic (exact) mass is 492 g/mol. The van der Waals surface area contributed by atoms with Gasteiger partial charge in [0.05, 0.1) is 18.4 Å². The van der Waals surface area contributed by atoms with Crippen molar-refractivity contribution >= 4 is 17.2 Å². The van der Waals surface area contributed by atoms with E-state index in [2.05, 4.69) is 11.5 Å². The third-order valence-corrected chi connectivity index (χ3v) is 5.72. The summed E-state index contributed by atoms with van der Waals surface area (Å²) < 4.78 is 73.8. The van der Waals surface area contributed by atoms with E-state index in [0.29, 0.717) is 5.56 Å². The predicted molar refractivity (Wildman–Crippen MR) is 127 cm³/mol. The second kappa shape index (κ2) is 9.11. The Hall–Kier alpha value is -4.20. The first-order chi connectivity index (χ1) is 17.2. The summed E-state index contributed by atoms with van der Waals surface area (Å²) in [6, 6.07) is 20.3. The lowest BCUT2D eigenvalue weighted by Gasteiger charge is -2.31. The Kier molecular flexibility index (Phi) is 5.96. The number of methoxy groups -OCH3 is 1. The topological polar surface area (TPSA) is 24.8 Å². The van der Waals surface area contributed by atoms with Gasteiger partial charge in [-0.3, -0.25) is 0 Å². The maximum Gasteiger partial charge on any atom is 0.416 e. The Morgan fingerprint density at radius 1 is 0.806 bits per heavy atom. The first-order valence-corrected chi connectivity index (χ1v) is 10.8. The van der Waals surface area contributed by atoms with Crippen molar-refractivity contribution in [1.29, 1.82) is 0 Å². The molecule has 0 saturated carbocycles. The van der Waals surface area contributed by atoms with Crippen LogP contribution in [0.1, 0.15) is 16.7 Å². The second-order valence-corrected chi connectivity index (χ2v) is 7.99. The third kappa shape index (κ3) is 4.42. The average Bonchev–Trinajstić information content (AvgIpc) is 2.88. The fraction of sp³-hybridized carbons (Fsp3) is 0.0714. The van der Waals surface area contributed by atoms with Gasteiger partial charge < -0.3 is 9.64 Å². The van der Waals surface area contributed by atoms with Crippen molar-refractivity contribution in [3.63, 3.8) is 0 Å². The van der Waals surface area contributed by atoms with E-state index in [0.717, 1.165) is 23.3 Å². The van der Waals surface area contributed by atoms with Crippen LogP contribution in [0.3, 0.4) is 0 Å². The van der Waals surface area contributed by atoms with Crippen LogP contribution in [0.5, 0.6) is 5.75 Å². The molecule has 1 aliphatic heterocycles. The summed E-state index contributed by atoms with van der Waals surface area (Å²) in [7, 11) is 1.35.